The molecule has 1 fully saturated rings. The molecule has 2 rings (SSSR count). The predicted octanol–water partition coefficient (Wildman–Crippen LogP) is 7.35. The van der Waals surface area contributed by atoms with Gasteiger partial charge in [0.1, 0.15) is 0 Å². The van der Waals surface area contributed by atoms with Crippen LogP contribution in [0.15, 0.2) is 16.6 Å². The highest BCUT2D eigenvalue weighted by molar-refractivity contribution is 9.10. The molecule has 1 aliphatic rings. The van der Waals surface area contributed by atoms with Crippen LogP contribution in [-0.2, 0) is 0 Å². The molecule has 0 aliphatic heterocycles. The van der Waals surface area contributed by atoms with Crippen molar-refractivity contribution >= 4 is 31.9 Å². The third-order valence-corrected chi connectivity index (χ3v) is 7.35. The van der Waals surface area contributed by atoms with Crippen LogP contribution in [0, 0.1) is 31.1 Å². The molecule has 118 valence electrons. The van der Waals surface area contributed by atoms with Crippen molar-refractivity contribution in [3.05, 3.63) is 33.3 Å². The molecule has 1 aromatic carbocycles. The molecule has 1 saturated carbocycles. The molecule has 1 atom stereocenters. The Morgan fingerprint density at radius 3 is 2.10 bits per heavy atom. The van der Waals surface area contributed by atoms with Crippen molar-refractivity contribution in [3.8, 4) is 0 Å². The first-order valence-electron chi connectivity index (χ1n) is 8.11. The molecule has 0 aromatic heterocycles. The van der Waals surface area contributed by atoms with Crippen molar-refractivity contribution in [2.45, 2.75) is 65.1 Å². The monoisotopic (exact) mass is 414 g/mol. The summed E-state index contributed by atoms with van der Waals surface area (Å²) in [5, 5.41) is 0. The molecule has 0 radical (unpaired) electrons. The Morgan fingerprint density at radius 1 is 1.00 bits per heavy atom. The minimum Gasteiger partial charge on any atom is -0.0836 e. The van der Waals surface area contributed by atoms with E-state index in [0.29, 0.717) is 10.2 Å². The molecule has 0 heterocycles. The fourth-order valence-corrected chi connectivity index (χ4v) is 5.11. The van der Waals surface area contributed by atoms with E-state index in [0.717, 1.165) is 11.8 Å². The Kier molecular flexibility index (Phi) is 5.63. The standard InChI is InChI=1S/C19H28Br2/c1-12-11-17(20)13(2)10-16(12)18(21)14-6-8-15(9-7-14)19(3,4)5/h10-11,14-15,18H,6-9H2,1-5H3. The first-order chi connectivity index (χ1) is 9.70. The van der Waals surface area contributed by atoms with Gasteiger partial charge in [0.25, 0.3) is 0 Å². The van der Waals surface area contributed by atoms with E-state index in [4.69, 9.17) is 0 Å². The van der Waals surface area contributed by atoms with E-state index >= 15 is 0 Å². The Balaban J connectivity index is 2.09. The van der Waals surface area contributed by atoms with E-state index in [9.17, 15) is 0 Å². The van der Waals surface area contributed by atoms with Gasteiger partial charge in [-0.15, -0.1) is 0 Å². The number of alkyl halides is 1. The highest BCUT2D eigenvalue weighted by Gasteiger charge is 2.33. The van der Waals surface area contributed by atoms with Crippen LogP contribution in [0.3, 0.4) is 0 Å². The molecule has 1 unspecified atom stereocenters. The second kappa shape index (κ2) is 6.74. The summed E-state index contributed by atoms with van der Waals surface area (Å²) in [6.07, 6.45) is 5.47. The smallest absolute Gasteiger partial charge is 0.0426 e. The number of rotatable bonds is 2. The fourth-order valence-electron chi connectivity index (χ4n) is 3.63. The minimum absolute atomic E-state index is 0.469. The lowest BCUT2D eigenvalue weighted by molar-refractivity contribution is 0.149. The Hall–Kier alpha value is 0.180. The Bertz CT molecular complexity index is 491. The van der Waals surface area contributed by atoms with Gasteiger partial charge in [-0.05, 0) is 79.5 Å². The van der Waals surface area contributed by atoms with Crippen LogP contribution >= 0.6 is 31.9 Å². The van der Waals surface area contributed by atoms with Crippen molar-refractivity contribution in [2.24, 2.45) is 17.3 Å². The van der Waals surface area contributed by atoms with Crippen LogP contribution in [0.4, 0.5) is 0 Å². The normalized spacial score (nSPS) is 24.9. The van der Waals surface area contributed by atoms with E-state index in [1.807, 2.05) is 0 Å². The van der Waals surface area contributed by atoms with Crippen molar-refractivity contribution in [3.63, 3.8) is 0 Å². The summed E-state index contributed by atoms with van der Waals surface area (Å²) >= 11 is 7.65. The van der Waals surface area contributed by atoms with Gasteiger partial charge in [-0.25, -0.2) is 0 Å². The second-order valence-electron chi connectivity index (χ2n) is 7.84. The zero-order chi connectivity index (χ0) is 15.8. The van der Waals surface area contributed by atoms with E-state index in [2.05, 4.69) is 78.6 Å². The van der Waals surface area contributed by atoms with Crippen molar-refractivity contribution in [1.29, 1.82) is 0 Å². The molecule has 0 amide bonds. The van der Waals surface area contributed by atoms with E-state index in [-0.39, 0.29) is 0 Å². The molecule has 2 heteroatoms. The van der Waals surface area contributed by atoms with Crippen LogP contribution in [0.2, 0.25) is 0 Å². The van der Waals surface area contributed by atoms with Gasteiger partial charge in [0, 0.05) is 9.30 Å². The zero-order valence-corrected chi connectivity index (χ0v) is 17.1. The zero-order valence-electron chi connectivity index (χ0n) is 14.0. The van der Waals surface area contributed by atoms with E-state index in [1.165, 1.54) is 46.8 Å². The molecule has 1 aromatic rings. The van der Waals surface area contributed by atoms with Gasteiger partial charge in [-0.2, -0.15) is 0 Å². The Morgan fingerprint density at radius 2 is 1.57 bits per heavy atom. The number of benzene rings is 1. The maximum atomic E-state index is 4.01. The molecule has 0 saturated heterocycles. The van der Waals surface area contributed by atoms with Crippen LogP contribution < -0.4 is 0 Å². The van der Waals surface area contributed by atoms with Crippen LogP contribution in [0.5, 0.6) is 0 Å². The molecule has 1 aliphatic carbocycles. The van der Waals surface area contributed by atoms with Gasteiger partial charge < -0.3 is 0 Å². The molecule has 0 nitrogen and oxygen atoms in total. The summed E-state index contributed by atoms with van der Waals surface area (Å²) in [4.78, 5) is 0.505. The summed E-state index contributed by atoms with van der Waals surface area (Å²) < 4.78 is 1.22. The number of hydrogen-bond donors (Lipinski definition) is 0. The fraction of sp³-hybridized carbons (Fsp3) is 0.684. The van der Waals surface area contributed by atoms with Gasteiger partial charge in [-0.3, -0.25) is 0 Å². The number of aryl methyl sites for hydroxylation is 2. The van der Waals surface area contributed by atoms with Crippen LogP contribution in [-0.4, -0.2) is 0 Å². The van der Waals surface area contributed by atoms with Gasteiger partial charge in [0.15, 0.2) is 0 Å². The summed E-state index contributed by atoms with van der Waals surface area (Å²) in [5.74, 6) is 1.67. The highest BCUT2D eigenvalue weighted by Crippen LogP contribution is 2.47. The highest BCUT2D eigenvalue weighted by atomic mass is 79.9. The van der Waals surface area contributed by atoms with Gasteiger partial charge in [0.2, 0.25) is 0 Å². The molecule has 0 N–H and O–H groups in total. The molecular weight excluding hydrogens is 388 g/mol. The van der Waals surface area contributed by atoms with Crippen molar-refractivity contribution in [1.82, 2.24) is 0 Å². The second-order valence-corrected chi connectivity index (χ2v) is 9.68. The average Bonchev–Trinajstić information content (AvgIpc) is 2.41. The third-order valence-electron chi connectivity index (χ3n) is 5.25. The third kappa shape index (κ3) is 4.13. The van der Waals surface area contributed by atoms with Gasteiger partial charge >= 0.3 is 0 Å². The Labute approximate surface area is 147 Å². The maximum absolute atomic E-state index is 4.01. The lowest BCUT2D eigenvalue weighted by Crippen LogP contribution is -2.27. The molecule has 0 spiro atoms. The summed E-state index contributed by atoms with van der Waals surface area (Å²) in [5.41, 5.74) is 4.68. The predicted molar refractivity (Wildman–Crippen MR) is 100 cm³/mol. The summed E-state index contributed by atoms with van der Waals surface area (Å²) in [6.45, 7) is 11.6. The lowest BCUT2D eigenvalue weighted by atomic mass is 9.69. The summed E-state index contributed by atoms with van der Waals surface area (Å²) in [7, 11) is 0. The van der Waals surface area contributed by atoms with Gasteiger partial charge in [0.05, 0.1) is 0 Å². The molecular formula is C19H28Br2. The number of halogens is 2. The van der Waals surface area contributed by atoms with Crippen molar-refractivity contribution in [2.75, 3.05) is 0 Å². The lowest BCUT2D eigenvalue weighted by Gasteiger charge is -2.38. The largest absolute Gasteiger partial charge is 0.0836 e. The SMILES string of the molecule is Cc1cc(C(Br)C2CCC(C(C)(C)C)CC2)c(C)cc1Br. The first kappa shape index (κ1) is 17.5. The molecule has 21 heavy (non-hydrogen) atoms. The first-order valence-corrected chi connectivity index (χ1v) is 9.81. The maximum Gasteiger partial charge on any atom is 0.0426 e. The molecule has 0 bridgehead atoms. The average molecular weight is 416 g/mol. The van der Waals surface area contributed by atoms with Crippen molar-refractivity contribution < 1.29 is 0 Å². The topological polar surface area (TPSA) is 0 Å². The quantitative estimate of drug-likeness (QED) is 0.442. The van der Waals surface area contributed by atoms with Crippen LogP contribution in [0.1, 0.15) is 68.0 Å². The van der Waals surface area contributed by atoms with Crippen LogP contribution in [0.25, 0.3) is 0 Å². The van der Waals surface area contributed by atoms with E-state index in [1.54, 1.807) is 0 Å². The van der Waals surface area contributed by atoms with Gasteiger partial charge in [-0.1, -0.05) is 58.7 Å². The number of hydrogen-bond acceptors (Lipinski definition) is 0. The van der Waals surface area contributed by atoms with E-state index < -0.39 is 0 Å². The minimum atomic E-state index is 0.469. The summed E-state index contributed by atoms with van der Waals surface area (Å²) in [6, 6.07) is 4.62.